The fourth-order valence-corrected chi connectivity index (χ4v) is 4.28. The Hall–Kier alpha value is -2.71. The Morgan fingerprint density at radius 2 is 2.21 bits per heavy atom. The van der Waals surface area contributed by atoms with E-state index < -0.39 is 0 Å². The second-order valence-electron chi connectivity index (χ2n) is 6.93. The molecule has 8 heteroatoms. The van der Waals surface area contributed by atoms with E-state index in [1.807, 2.05) is 37.5 Å². The summed E-state index contributed by atoms with van der Waals surface area (Å²) < 4.78 is 6.46. The number of aliphatic imine (C=N–C) groups is 1. The minimum absolute atomic E-state index is 0.543. The Kier molecular flexibility index (Phi) is 5.40. The molecular weight excluding hydrogens is 370 g/mol. The zero-order valence-corrected chi connectivity index (χ0v) is 17.0. The highest BCUT2D eigenvalue weighted by Gasteiger charge is 2.22. The number of nitrogens with zero attached hydrogens (tertiary/aromatic N) is 5. The number of rotatable bonds is 4. The van der Waals surface area contributed by atoms with Gasteiger partial charge in [0, 0.05) is 37.1 Å². The number of hydrogen-bond donors (Lipinski definition) is 2. The first-order valence-corrected chi connectivity index (χ1v) is 10.3. The second kappa shape index (κ2) is 8.12. The molecule has 2 N–H and O–H groups in total. The molecule has 0 spiro atoms. The van der Waals surface area contributed by atoms with E-state index in [0.717, 1.165) is 53.7 Å². The lowest BCUT2D eigenvalue weighted by molar-refractivity contribution is 0.455. The van der Waals surface area contributed by atoms with Crippen LogP contribution in [0.15, 0.2) is 54.2 Å². The molecular formula is C20H25N7S. The molecule has 0 saturated carbocycles. The molecule has 146 valence electrons. The third-order valence-electron chi connectivity index (χ3n) is 5.04. The van der Waals surface area contributed by atoms with Gasteiger partial charge in [0.1, 0.15) is 5.00 Å². The van der Waals surface area contributed by atoms with Crippen molar-refractivity contribution in [2.24, 2.45) is 12.0 Å². The van der Waals surface area contributed by atoms with Gasteiger partial charge in [-0.1, -0.05) is 12.7 Å². The van der Waals surface area contributed by atoms with Crippen LogP contribution in [0.25, 0.3) is 5.70 Å². The van der Waals surface area contributed by atoms with Crippen LogP contribution >= 0.6 is 11.5 Å². The first-order chi connectivity index (χ1) is 13.7. The molecule has 28 heavy (non-hydrogen) atoms. The molecule has 7 nitrogen and oxygen atoms in total. The number of nitrogens with one attached hydrogen (secondary N) is 2. The summed E-state index contributed by atoms with van der Waals surface area (Å²) >= 11 is 1.48. The van der Waals surface area contributed by atoms with Gasteiger partial charge in [0.15, 0.2) is 5.84 Å². The average Bonchev–Trinajstić information content (AvgIpc) is 3.35. The van der Waals surface area contributed by atoms with Crippen molar-refractivity contribution < 1.29 is 0 Å². The van der Waals surface area contributed by atoms with Crippen molar-refractivity contribution in [1.29, 1.82) is 0 Å². The van der Waals surface area contributed by atoms with Gasteiger partial charge in [-0.15, -0.1) is 0 Å². The van der Waals surface area contributed by atoms with Gasteiger partial charge < -0.3 is 15.5 Å². The summed E-state index contributed by atoms with van der Waals surface area (Å²) in [6.07, 6.45) is 11.9. The van der Waals surface area contributed by atoms with Gasteiger partial charge in [-0.2, -0.15) is 9.47 Å². The zero-order valence-electron chi connectivity index (χ0n) is 16.2. The molecule has 2 aliphatic heterocycles. The summed E-state index contributed by atoms with van der Waals surface area (Å²) in [4.78, 5) is 6.53. The molecule has 2 aliphatic rings. The quantitative estimate of drug-likeness (QED) is 0.829. The molecule has 2 aromatic heterocycles. The van der Waals surface area contributed by atoms with Crippen LogP contribution in [0.2, 0.25) is 0 Å². The molecule has 2 aromatic rings. The molecule has 4 rings (SSSR count). The van der Waals surface area contributed by atoms with E-state index in [9.17, 15) is 0 Å². The van der Waals surface area contributed by atoms with E-state index in [0.29, 0.717) is 5.92 Å². The number of allylic oxidation sites excluding steroid dienone is 1. The molecule has 0 atom stereocenters. The minimum Gasteiger partial charge on any atom is -0.329 e. The normalized spacial score (nSPS) is 18.5. The molecule has 4 heterocycles. The fraction of sp³-hybridized carbons (Fsp3) is 0.350. The van der Waals surface area contributed by atoms with Gasteiger partial charge in [-0.05, 0) is 50.5 Å². The number of aryl methyl sites for hydroxylation is 1. The summed E-state index contributed by atoms with van der Waals surface area (Å²) in [7, 11) is 1.91. The predicted octanol–water partition coefficient (Wildman–Crippen LogP) is 3.52. The Morgan fingerprint density at radius 3 is 2.93 bits per heavy atom. The van der Waals surface area contributed by atoms with E-state index in [1.165, 1.54) is 17.2 Å². The van der Waals surface area contributed by atoms with Crippen LogP contribution < -0.4 is 10.6 Å². The summed E-state index contributed by atoms with van der Waals surface area (Å²) in [5.41, 5.74) is 4.01. The molecule has 0 aromatic carbocycles. The minimum atomic E-state index is 0.543. The molecule has 1 saturated heterocycles. The van der Waals surface area contributed by atoms with Crippen molar-refractivity contribution in [2.75, 3.05) is 18.4 Å². The zero-order chi connectivity index (χ0) is 19.5. The van der Waals surface area contributed by atoms with Crippen molar-refractivity contribution >= 4 is 28.1 Å². The van der Waals surface area contributed by atoms with Crippen molar-refractivity contribution in [2.45, 2.75) is 25.7 Å². The molecule has 0 radical (unpaired) electrons. The van der Waals surface area contributed by atoms with E-state index >= 15 is 0 Å². The van der Waals surface area contributed by atoms with Crippen molar-refractivity contribution in [3.63, 3.8) is 0 Å². The summed E-state index contributed by atoms with van der Waals surface area (Å²) in [6, 6.07) is 2.15. The number of hydrogen-bond acceptors (Lipinski definition) is 7. The molecule has 0 amide bonds. The van der Waals surface area contributed by atoms with Gasteiger partial charge in [0.25, 0.3) is 0 Å². The SMILES string of the molecule is C=C1C(Nc2cc(C3CCNCC3)ns2)=NC=CN1/C(=C\C)c1cnn(C)c1. The molecule has 0 aliphatic carbocycles. The number of aromatic nitrogens is 3. The number of amidine groups is 1. The Labute approximate surface area is 169 Å². The number of anilines is 1. The largest absolute Gasteiger partial charge is 0.329 e. The van der Waals surface area contributed by atoms with Crippen LogP contribution in [0, 0.1) is 0 Å². The van der Waals surface area contributed by atoms with Gasteiger partial charge in [0.2, 0.25) is 0 Å². The van der Waals surface area contributed by atoms with Crippen LogP contribution in [0.1, 0.15) is 36.9 Å². The fourth-order valence-electron chi connectivity index (χ4n) is 3.56. The molecule has 0 unspecified atom stereocenters. The summed E-state index contributed by atoms with van der Waals surface area (Å²) in [6.45, 7) is 8.40. The first-order valence-electron chi connectivity index (χ1n) is 9.48. The van der Waals surface area contributed by atoms with Crippen LogP contribution in [0.3, 0.4) is 0 Å². The average molecular weight is 396 g/mol. The highest BCUT2D eigenvalue weighted by molar-refractivity contribution is 7.10. The maximum Gasteiger partial charge on any atom is 0.154 e. The van der Waals surface area contributed by atoms with Crippen LogP contribution in [-0.4, -0.2) is 38.0 Å². The first kappa shape index (κ1) is 18.6. The smallest absolute Gasteiger partial charge is 0.154 e. The van der Waals surface area contributed by atoms with Gasteiger partial charge in [-0.25, -0.2) is 4.99 Å². The standard InChI is InChI=1S/C20H25N7S/c1-4-18(16-12-23-26(3)13-16)27-10-9-22-20(14(27)2)24-19-11-17(25-28-19)15-5-7-21-8-6-15/h4,9-13,15,21H,2,5-8H2,1,3H3,(H,22,24)/b18-4-. The van der Waals surface area contributed by atoms with Gasteiger partial charge in [0.05, 0.1) is 23.3 Å². The van der Waals surface area contributed by atoms with E-state index in [-0.39, 0.29) is 0 Å². The maximum absolute atomic E-state index is 4.66. The third-order valence-corrected chi connectivity index (χ3v) is 5.76. The lowest BCUT2D eigenvalue weighted by Crippen LogP contribution is -2.27. The Balaban J connectivity index is 1.49. The van der Waals surface area contributed by atoms with Crippen LogP contribution in [0.5, 0.6) is 0 Å². The maximum atomic E-state index is 4.66. The van der Waals surface area contributed by atoms with E-state index in [2.05, 4.69) is 43.8 Å². The second-order valence-corrected chi connectivity index (χ2v) is 7.74. The van der Waals surface area contributed by atoms with Crippen molar-refractivity contribution in [3.8, 4) is 0 Å². The highest BCUT2D eigenvalue weighted by atomic mass is 32.1. The highest BCUT2D eigenvalue weighted by Crippen LogP contribution is 2.30. The van der Waals surface area contributed by atoms with Gasteiger partial charge in [-0.3, -0.25) is 4.68 Å². The van der Waals surface area contributed by atoms with Crippen molar-refractivity contribution in [1.82, 2.24) is 24.4 Å². The van der Waals surface area contributed by atoms with Gasteiger partial charge >= 0.3 is 0 Å². The topological polar surface area (TPSA) is 70.4 Å². The third kappa shape index (κ3) is 3.79. The van der Waals surface area contributed by atoms with E-state index in [4.69, 9.17) is 0 Å². The lowest BCUT2D eigenvalue weighted by atomic mass is 9.95. The molecule has 0 bridgehead atoms. The predicted molar refractivity (Wildman–Crippen MR) is 115 cm³/mol. The van der Waals surface area contributed by atoms with Crippen LogP contribution in [-0.2, 0) is 7.05 Å². The molecule has 1 fully saturated rings. The summed E-state index contributed by atoms with van der Waals surface area (Å²) in [5.74, 6) is 1.27. The number of piperidine rings is 1. The van der Waals surface area contributed by atoms with E-state index in [1.54, 1.807) is 10.9 Å². The Morgan fingerprint density at radius 1 is 1.39 bits per heavy atom. The lowest BCUT2D eigenvalue weighted by Gasteiger charge is -2.28. The summed E-state index contributed by atoms with van der Waals surface area (Å²) in [5, 5.41) is 12.1. The van der Waals surface area contributed by atoms with Crippen LogP contribution in [0.4, 0.5) is 5.00 Å². The van der Waals surface area contributed by atoms with Crippen molar-refractivity contribution in [3.05, 3.63) is 60.5 Å². The monoisotopic (exact) mass is 395 g/mol. The Bertz CT molecular complexity index is 943.